The smallest absolute Gasteiger partial charge is 0.123 e. The zero-order valence-corrected chi connectivity index (χ0v) is 11.1. The van der Waals surface area contributed by atoms with E-state index < -0.39 is 6.10 Å². The molecule has 0 amide bonds. The Bertz CT molecular complexity index is 422. The molecule has 1 N–H and O–H groups in total. The fourth-order valence-electron chi connectivity index (χ4n) is 2.59. The number of aliphatic hydroxyl groups excluding tert-OH is 1. The Labute approximate surface area is 107 Å². The highest BCUT2D eigenvalue weighted by molar-refractivity contribution is 5.55. The average molecular weight is 253 g/mol. The van der Waals surface area contributed by atoms with Crippen molar-refractivity contribution in [3.8, 4) is 0 Å². The highest BCUT2D eigenvalue weighted by atomic mass is 19.1. The van der Waals surface area contributed by atoms with Crippen LogP contribution in [0, 0.1) is 5.82 Å². The van der Waals surface area contributed by atoms with Gasteiger partial charge in [0, 0.05) is 24.9 Å². The number of anilines is 1. The molecule has 3 nitrogen and oxygen atoms in total. The molecule has 0 aliphatic carbocycles. The van der Waals surface area contributed by atoms with Crippen LogP contribution in [-0.2, 0) is 4.74 Å². The van der Waals surface area contributed by atoms with E-state index in [4.69, 9.17) is 4.74 Å². The predicted octanol–water partition coefficient (Wildman–Crippen LogP) is 2.49. The van der Waals surface area contributed by atoms with Crippen molar-refractivity contribution in [2.75, 3.05) is 18.6 Å². The Kier molecular flexibility index (Phi) is 3.88. The maximum absolute atomic E-state index is 13.3. The third-order valence-electron chi connectivity index (χ3n) is 3.65. The average Bonchev–Trinajstić information content (AvgIpc) is 2.74. The van der Waals surface area contributed by atoms with E-state index >= 15 is 0 Å². The first-order valence-electron chi connectivity index (χ1n) is 6.32. The van der Waals surface area contributed by atoms with Crippen LogP contribution in [0.4, 0.5) is 10.1 Å². The van der Waals surface area contributed by atoms with Crippen molar-refractivity contribution in [3.05, 3.63) is 29.6 Å². The second-order valence-electron chi connectivity index (χ2n) is 4.92. The largest absolute Gasteiger partial charge is 0.389 e. The van der Waals surface area contributed by atoms with Crippen LogP contribution < -0.4 is 4.90 Å². The van der Waals surface area contributed by atoms with Crippen molar-refractivity contribution in [1.29, 1.82) is 0 Å². The molecule has 4 heteroatoms. The van der Waals surface area contributed by atoms with E-state index in [-0.39, 0.29) is 18.0 Å². The number of benzene rings is 1. The maximum atomic E-state index is 13.3. The van der Waals surface area contributed by atoms with Gasteiger partial charge in [-0.2, -0.15) is 0 Å². The summed E-state index contributed by atoms with van der Waals surface area (Å²) in [4.78, 5) is 2.08. The van der Waals surface area contributed by atoms with Gasteiger partial charge in [-0.15, -0.1) is 0 Å². The second kappa shape index (κ2) is 5.24. The highest BCUT2D eigenvalue weighted by Gasteiger charge is 2.29. The second-order valence-corrected chi connectivity index (χ2v) is 4.92. The van der Waals surface area contributed by atoms with Crippen molar-refractivity contribution in [2.45, 2.75) is 38.5 Å². The topological polar surface area (TPSA) is 32.7 Å². The first kappa shape index (κ1) is 13.3. The quantitative estimate of drug-likeness (QED) is 0.898. The van der Waals surface area contributed by atoms with Crippen molar-refractivity contribution in [1.82, 2.24) is 0 Å². The van der Waals surface area contributed by atoms with Gasteiger partial charge in [-0.1, -0.05) is 0 Å². The van der Waals surface area contributed by atoms with Crippen molar-refractivity contribution in [3.63, 3.8) is 0 Å². The number of nitrogens with zero attached hydrogens (tertiary/aromatic N) is 1. The van der Waals surface area contributed by atoms with Gasteiger partial charge in [-0.25, -0.2) is 4.39 Å². The van der Waals surface area contributed by atoms with Gasteiger partial charge in [-0.05, 0) is 38.5 Å². The zero-order chi connectivity index (χ0) is 13.3. The lowest BCUT2D eigenvalue weighted by atomic mass is 10.0. The van der Waals surface area contributed by atoms with Crippen molar-refractivity contribution < 1.29 is 14.2 Å². The molecule has 1 aromatic rings. The highest BCUT2D eigenvalue weighted by Crippen LogP contribution is 2.31. The molecule has 18 heavy (non-hydrogen) atoms. The summed E-state index contributed by atoms with van der Waals surface area (Å²) in [6.07, 6.45) is 0.423. The van der Waals surface area contributed by atoms with Crippen molar-refractivity contribution >= 4 is 5.69 Å². The summed E-state index contributed by atoms with van der Waals surface area (Å²) in [5, 5.41) is 9.76. The summed E-state index contributed by atoms with van der Waals surface area (Å²) in [5.41, 5.74) is 1.49. The maximum Gasteiger partial charge on any atom is 0.123 e. The molecule has 1 aliphatic rings. The Morgan fingerprint density at radius 2 is 2.22 bits per heavy atom. The van der Waals surface area contributed by atoms with Crippen LogP contribution in [0.25, 0.3) is 0 Å². The van der Waals surface area contributed by atoms with E-state index in [1.807, 2.05) is 14.0 Å². The van der Waals surface area contributed by atoms with Crippen LogP contribution in [-0.4, -0.2) is 30.9 Å². The number of likely N-dealkylation sites (N-methyl/N-ethyl adjacent to an activating group) is 1. The minimum atomic E-state index is -0.684. The summed E-state index contributed by atoms with van der Waals surface area (Å²) < 4.78 is 18.8. The zero-order valence-electron chi connectivity index (χ0n) is 11.1. The number of halogens is 1. The molecule has 0 aromatic heterocycles. The first-order valence-corrected chi connectivity index (χ1v) is 6.32. The fraction of sp³-hybridized carbons (Fsp3) is 0.571. The van der Waals surface area contributed by atoms with Gasteiger partial charge in [0.15, 0.2) is 0 Å². The molecule has 2 unspecified atom stereocenters. The molecule has 1 aliphatic heterocycles. The molecular weight excluding hydrogens is 233 g/mol. The van der Waals surface area contributed by atoms with Crippen molar-refractivity contribution in [2.24, 2.45) is 0 Å². The van der Waals surface area contributed by atoms with Crippen LogP contribution in [0.3, 0.4) is 0 Å². The monoisotopic (exact) mass is 253 g/mol. The first-order chi connectivity index (χ1) is 8.50. The molecule has 0 spiro atoms. The summed E-state index contributed by atoms with van der Waals surface area (Å²) in [6, 6.07) is 4.82. The molecule has 100 valence electrons. The Hall–Kier alpha value is -1.13. The lowest BCUT2D eigenvalue weighted by Crippen LogP contribution is -2.37. The molecule has 3 atom stereocenters. The van der Waals surface area contributed by atoms with Gasteiger partial charge in [-0.3, -0.25) is 0 Å². The molecule has 1 fully saturated rings. The third-order valence-corrected chi connectivity index (χ3v) is 3.65. The molecule has 2 rings (SSSR count). The Morgan fingerprint density at radius 1 is 1.50 bits per heavy atom. The van der Waals surface area contributed by atoms with Gasteiger partial charge in [0.05, 0.1) is 18.2 Å². The van der Waals surface area contributed by atoms with Gasteiger partial charge in [0.1, 0.15) is 5.82 Å². The van der Waals surface area contributed by atoms with E-state index in [2.05, 4.69) is 4.90 Å². The molecule has 0 saturated carbocycles. The summed E-state index contributed by atoms with van der Waals surface area (Å²) in [7, 11) is 1.97. The third kappa shape index (κ3) is 2.49. The molecule has 0 bridgehead atoms. The molecule has 1 saturated heterocycles. The lowest BCUT2D eigenvalue weighted by Gasteiger charge is -2.31. The number of rotatable bonds is 3. The van der Waals surface area contributed by atoms with E-state index in [0.717, 1.165) is 18.7 Å². The van der Waals surface area contributed by atoms with Crippen LogP contribution in [0.2, 0.25) is 0 Å². The predicted molar refractivity (Wildman–Crippen MR) is 69.3 cm³/mol. The van der Waals surface area contributed by atoms with Gasteiger partial charge in [0.25, 0.3) is 0 Å². The normalized spacial score (nSPS) is 25.2. The minimum absolute atomic E-state index is 0.155. The molecule has 0 radical (unpaired) electrons. The van der Waals surface area contributed by atoms with Gasteiger partial charge in [0.2, 0.25) is 0 Å². The number of hydrogen-bond acceptors (Lipinski definition) is 3. The Balaban J connectivity index is 2.32. The Morgan fingerprint density at radius 3 is 2.78 bits per heavy atom. The number of aliphatic hydroxyl groups is 1. The SMILES string of the molecule is CC1OCCC1N(C)c1ccc(F)cc1[C@@H](C)O. The van der Waals surface area contributed by atoms with E-state index in [1.54, 1.807) is 13.0 Å². The van der Waals surface area contributed by atoms with Crippen LogP contribution in [0.1, 0.15) is 31.9 Å². The lowest BCUT2D eigenvalue weighted by molar-refractivity contribution is 0.118. The van der Waals surface area contributed by atoms with E-state index in [1.165, 1.54) is 12.1 Å². The van der Waals surface area contributed by atoms with Gasteiger partial charge < -0.3 is 14.7 Å². The summed E-state index contributed by atoms with van der Waals surface area (Å²) in [6.45, 7) is 4.45. The van der Waals surface area contributed by atoms with Gasteiger partial charge >= 0.3 is 0 Å². The number of ether oxygens (including phenoxy) is 1. The summed E-state index contributed by atoms with van der Waals surface area (Å²) >= 11 is 0. The molecule has 1 heterocycles. The number of hydrogen-bond donors (Lipinski definition) is 1. The van der Waals surface area contributed by atoms with Crippen LogP contribution in [0.5, 0.6) is 0 Å². The molecule has 1 aromatic carbocycles. The fourth-order valence-corrected chi connectivity index (χ4v) is 2.59. The van der Waals surface area contributed by atoms with E-state index in [0.29, 0.717) is 5.56 Å². The standard InChI is InChI=1S/C14H20FNO2/c1-9(17)12-8-11(15)4-5-14(12)16(3)13-6-7-18-10(13)2/h4-5,8-10,13,17H,6-7H2,1-3H3/t9-,10?,13?/m1/s1. The molecular formula is C14H20FNO2. The summed E-state index contributed by atoms with van der Waals surface area (Å²) in [5.74, 6) is -0.321. The minimum Gasteiger partial charge on any atom is -0.389 e. The van der Waals surface area contributed by atoms with E-state index in [9.17, 15) is 9.50 Å². The van der Waals surface area contributed by atoms with Crippen LogP contribution in [0.15, 0.2) is 18.2 Å². The van der Waals surface area contributed by atoms with Crippen LogP contribution >= 0.6 is 0 Å².